The van der Waals surface area contributed by atoms with Gasteiger partial charge in [0.2, 0.25) is 0 Å². The first-order valence-corrected chi connectivity index (χ1v) is 9.13. The molecule has 3 N–H and O–H groups in total. The molecule has 0 radical (unpaired) electrons. The molecule has 2 heterocycles. The van der Waals surface area contributed by atoms with Gasteiger partial charge < -0.3 is 11.1 Å². The van der Waals surface area contributed by atoms with E-state index in [9.17, 15) is 22.9 Å². The first-order chi connectivity index (χ1) is 11.8. The number of nitrogens with two attached hydrogens (primary N) is 1. The molecule has 1 fully saturated rings. The molecule has 1 aromatic heterocycles. The lowest BCUT2D eigenvalue weighted by atomic mass is 10.1. The van der Waals surface area contributed by atoms with E-state index in [0.717, 1.165) is 0 Å². The molecule has 8 nitrogen and oxygen atoms in total. The molecule has 2 aromatic rings. The fourth-order valence-electron chi connectivity index (χ4n) is 2.72. The Balaban J connectivity index is 1.96. The first kappa shape index (κ1) is 16.9. The van der Waals surface area contributed by atoms with Crippen molar-refractivity contribution in [1.29, 1.82) is 5.26 Å². The molecule has 3 rings (SSSR count). The van der Waals surface area contributed by atoms with Crippen LogP contribution in [0.3, 0.4) is 0 Å². The Bertz CT molecular complexity index is 962. The molecule has 0 saturated carbocycles. The largest absolute Gasteiger partial charge is 0.365 e. The van der Waals surface area contributed by atoms with Crippen molar-refractivity contribution < 1.29 is 17.6 Å². The average molecular weight is 363 g/mol. The number of carbonyl (C=O) groups is 1. The number of rotatable bonds is 4. The molecular formula is C15H14FN5O3S. The summed E-state index contributed by atoms with van der Waals surface area (Å²) in [5, 5.41) is 16.2. The lowest BCUT2D eigenvalue weighted by molar-refractivity contribution is 0.100. The van der Waals surface area contributed by atoms with Crippen LogP contribution >= 0.6 is 0 Å². The molecule has 1 saturated heterocycles. The van der Waals surface area contributed by atoms with Gasteiger partial charge in [-0.3, -0.25) is 9.48 Å². The molecule has 2 atom stereocenters. The fourth-order valence-corrected chi connectivity index (χ4v) is 4.60. The van der Waals surface area contributed by atoms with Crippen LogP contribution in [0.1, 0.15) is 16.4 Å². The van der Waals surface area contributed by atoms with Crippen molar-refractivity contribution in [3.8, 4) is 6.07 Å². The Labute approximate surface area is 143 Å². The fraction of sp³-hybridized carbons (Fsp3) is 0.267. The Hall–Kier alpha value is -2.93. The highest BCUT2D eigenvalue weighted by Gasteiger charge is 2.40. The van der Waals surface area contributed by atoms with Gasteiger partial charge in [-0.15, -0.1) is 0 Å². The molecule has 10 heteroatoms. The molecule has 1 aromatic carbocycles. The van der Waals surface area contributed by atoms with Crippen LogP contribution < -0.4 is 11.1 Å². The van der Waals surface area contributed by atoms with Crippen LogP contribution in [0.15, 0.2) is 30.5 Å². The SMILES string of the molecule is N#C[C@@H]1CS(=O)(=O)CC1n1cc(C(N)=O)c(Nc2ccc(F)cc2)n1. The summed E-state index contributed by atoms with van der Waals surface area (Å²) in [5.74, 6) is -2.31. The molecule has 0 aliphatic carbocycles. The third kappa shape index (κ3) is 3.46. The number of carbonyl (C=O) groups excluding carboxylic acids is 1. The molecular weight excluding hydrogens is 349 g/mol. The number of sulfone groups is 1. The van der Waals surface area contributed by atoms with Gasteiger partial charge in [0, 0.05) is 11.9 Å². The lowest BCUT2D eigenvalue weighted by Gasteiger charge is -2.11. The van der Waals surface area contributed by atoms with Gasteiger partial charge in [0.1, 0.15) is 11.4 Å². The summed E-state index contributed by atoms with van der Waals surface area (Å²) in [6.07, 6.45) is 1.32. The number of nitriles is 1. The maximum Gasteiger partial charge on any atom is 0.254 e. The van der Waals surface area contributed by atoms with E-state index in [4.69, 9.17) is 5.73 Å². The predicted octanol–water partition coefficient (Wildman–Crippen LogP) is 0.974. The van der Waals surface area contributed by atoms with Crippen LogP contribution in [0.5, 0.6) is 0 Å². The van der Waals surface area contributed by atoms with E-state index in [1.54, 1.807) is 0 Å². The summed E-state index contributed by atoms with van der Waals surface area (Å²) in [6.45, 7) is 0. The highest BCUT2D eigenvalue weighted by atomic mass is 32.2. The monoisotopic (exact) mass is 363 g/mol. The Morgan fingerprint density at radius 3 is 2.64 bits per heavy atom. The normalized spacial score (nSPS) is 21.6. The highest BCUT2D eigenvalue weighted by Crippen LogP contribution is 2.31. The number of nitrogens with one attached hydrogen (secondary N) is 1. The molecule has 25 heavy (non-hydrogen) atoms. The number of nitrogens with zero attached hydrogens (tertiary/aromatic N) is 3. The highest BCUT2D eigenvalue weighted by molar-refractivity contribution is 7.91. The number of amides is 1. The van der Waals surface area contributed by atoms with Gasteiger partial charge in [0.25, 0.3) is 5.91 Å². The minimum absolute atomic E-state index is 0.0466. The van der Waals surface area contributed by atoms with E-state index in [0.29, 0.717) is 5.69 Å². The lowest BCUT2D eigenvalue weighted by Crippen LogP contribution is -2.17. The van der Waals surface area contributed by atoms with Crippen LogP contribution in [0, 0.1) is 23.1 Å². The molecule has 1 aliphatic rings. The number of benzene rings is 1. The van der Waals surface area contributed by atoms with Gasteiger partial charge in [-0.2, -0.15) is 10.4 Å². The van der Waals surface area contributed by atoms with E-state index in [2.05, 4.69) is 10.4 Å². The average Bonchev–Trinajstić information content (AvgIpc) is 3.10. The van der Waals surface area contributed by atoms with Crippen LogP contribution in [0.2, 0.25) is 0 Å². The van der Waals surface area contributed by atoms with Crippen molar-refractivity contribution in [3.05, 3.63) is 41.8 Å². The Morgan fingerprint density at radius 1 is 1.36 bits per heavy atom. The van der Waals surface area contributed by atoms with E-state index >= 15 is 0 Å². The molecule has 1 aliphatic heterocycles. The second kappa shape index (κ2) is 6.18. The topological polar surface area (TPSA) is 131 Å². The van der Waals surface area contributed by atoms with Crippen molar-refractivity contribution in [2.75, 3.05) is 16.8 Å². The van der Waals surface area contributed by atoms with Crippen LogP contribution in [-0.4, -0.2) is 35.6 Å². The van der Waals surface area contributed by atoms with Gasteiger partial charge in [-0.1, -0.05) is 0 Å². The van der Waals surface area contributed by atoms with Gasteiger partial charge in [-0.25, -0.2) is 12.8 Å². The molecule has 130 valence electrons. The number of aromatic nitrogens is 2. The van der Waals surface area contributed by atoms with Crippen molar-refractivity contribution in [2.24, 2.45) is 11.7 Å². The predicted molar refractivity (Wildman–Crippen MR) is 87.2 cm³/mol. The second-order valence-electron chi connectivity index (χ2n) is 5.75. The Kier molecular flexibility index (Phi) is 4.18. The van der Waals surface area contributed by atoms with Crippen LogP contribution in [0.4, 0.5) is 15.9 Å². The minimum atomic E-state index is -3.35. The van der Waals surface area contributed by atoms with E-state index in [1.807, 2.05) is 6.07 Å². The molecule has 1 unspecified atom stereocenters. The quantitative estimate of drug-likeness (QED) is 0.832. The minimum Gasteiger partial charge on any atom is -0.365 e. The first-order valence-electron chi connectivity index (χ1n) is 7.30. The van der Waals surface area contributed by atoms with E-state index < -0.39 is 33.5 Å². The Morgan fingerprint density at radius 2 is 2.04 bits per heavy atom. The standard InChI is InChI=1S/C15H14FN5O3S/c16-10-1-3-11(4-2-10)19-15-12(14(18)22)6-21(20-15)13-8-25(23,24)7-9(13)5-17/h1-4,6,9,13H,7-8H2,(H2,18,22)(H,19,20)/t9-,13?/m1/s1. The number of primary amides is 1. The van der Waals surface area contributed by atoms with Gasteiger partial charge >= 0.3 is 0 Å². The van der Waals surface area contributed by atoms with Crippen molar-refractivity contribution >= 4 is 27.2 Å². The number of anilines is 2. The van der Waals surface area contributed by atoms with Gasteiger partial charge in [0.15, 0.2) is 15.7 Å². The van der Waals surface area contributed by atoms with Gasteiger partial charge in [0.05, 0.1) is 29.5 Å². The zero-order valence-corrected chi connectivity index (χ0v) is 13.7. The summed E-state index contributed by atoms with van der Waals surface area (Å²) in [6, 6.07) is 6.65. The van der Waals surface area contributed by atoms with E-state index in [1.165, 1.54) is 35.1 Å². The van der Waals surface area contributed by atoms with Crippen molar-refractivity contribution in [3.63, 3.8) is 0 Å². The maximum atomic E-state index is 13.0. The summed E-state index contributed by atoms with van der Waals surface area (Å²) in [5.41, 5.74) is 5.87. The van der Waals surface area contributed by atoms with Crippen molar-refractivity contribution in [2.45, 2.75) is 6.04 Å². The third-order valence-electron chi connectivity index (χ3n) is 3.93. The van der Waals surface area contributed by atoms with Crippen LogP contribution in [-0.2, 0) is 9.84 Å². The van der Waals surface area contributed by atoms with Crippen LogP contribution in [0.25, 0.3) is 0 Å². The number of hydrogen-bond donors (Lipinski definition) is 2. The molecule has 1 amide bonds. The molecule has 0 bridgehead atoms. The zero-order valence-electron chi connectivity index (χ0n) is 12.9. The molecule has 0 spiro atoms. The van der Waals surface area contributed by atoms with E-state index in [-0.39, 0.29) is 22.9 Å². The summed E-state index contributed by atoms with van der Waals surface area (Å²) < 4.78 is 37.9. The van der Waals surface area contributed by atoms with Gasteiger partial charge in [-0.05, 0) is 24.3 Å². The second-order valence-corrected chi connectivity index (χ2v) is 7.90. The summed E-state index contributed by atoms with van der Waals surface area (Å²) in [7, 11) is -3.35. The third-order valence-corrected chi connectivity index (χ3v) is 5.65. The zero-order chi connectivity index (χ0) is 18.2. The summed E-state index contributed by atoms with van der Waals surface area (Å²) in [4.78, 5) is 11.7. The number of hydrogen-bond acceptors (Lipinski definition) is 6. The number of halogens is 1. The maximum absolute atomic E-state index is 13.0. The smallest absolute Gasteiger partial charge is 0.254 e. The van der Waals surface area contributed by atoms with Crippen molar-refractivity contribution in [1.82, 2.24) is 9.78 Å². The summed E-state index contributed by atoms with van der Waals surface area (Å²) >= 11 is 0.